The van der Waals surface area contributed by atoms with Crippen molar-refractivity contribution in [2.24, 2.45) is 5.92 Å². The lowest BCUT2D eigenvalue weighted by Crippen LogP contribution is -2.44. The van der Waals surface area contributed by atoms with Crippen LogP contribution in [0.3, 0.4) is 0 Å². The number of hydrogen-bond donors (Lipinski definition) is 1. The number of nitrogens with one attached hydrogen (secondary N) is 1. The third-order valence-electron chi connectivity index (χ3n) is 3.22. The van der Waals surface area contributed by atoms with E-state index >= 15 is 0 Å². The molecular weight excluding hydrogens is 204 g/mol. The Morgan fingerprint density at radius 2 is 2.14 bits per heavy atom. The maximum atomic E-state index is 12.5. The van der Waals surface area contributed by atoms with Crippen molar-refractivity contribution in [3.63, 3.8) is 0 Å². The molecule has 2 rings (SSSR count). The SMILES string of the molecule is CC1SCCC1NCC1CC(F)(F)C1. The maximum absolute atomic E-state index is 12.5. The second-order valence-corrected chi connectivity index (χ2v) is 5.99. The highest BCUT2D eigenvalue weighted by atomic mass is 32.2. The summed E-state index contributed by atoms with van der Waals surface area (Å²) in [6.07, 6.45) is 1.37. The molecule has 1 saturated carbocycles. The highest BCUT2D eigenvalue weighted by Crippen LogP contribution is 2.42. The van der Waals surface area contributed by atoms with Crippen LogP contribution < -0.4 is 5.32 Å². The summed E-state index contributed by atoms with van der Waals surface area (Å²) < 4.78 is 25.1. The van der Waals surface area contributed by atoms with Crippen LogP contribution in [-0.2, 0) is 0 Å². The molecule has 0 aromatic heterocycles. The molecule has 4 heteroatoms. The quantitative estimate of drug-likeness (QED) is 0.786. The van der Waals surface area contributed by atoms with Gasteiger partial charge in [-0.2, -0.15) is 11.8 Å². The Balaban J connectivity index is 1.64. The molecule has 1 N–H and O–H groups in total. The van der Waals surface area contributed by atoms with Crippen LogP contribution in [0, 0.1) is 5.92 Å². The summed E-state index contributed by atoms with van der Waals surface area (Å²) in [5, 5.41) is 4.07. The monoisotopic (exact) mass is 221 g/mol. The van der Waals surface area contributed by atoms with Gasteiger partial charge in [-0.3, -0.25) is 0 Å². The van der Waals surface area contributed by atoms with Gasteiger partial charge in [0, 0.05) is 24.1 Å². The molecule has 0 aromatic rings. The molecule has 0 radical (unpaired) electrons. The minimum absolute atomic E-state index is 0.0915. The molecule has 0 spiro atoms. The van der Waals surface area contributed by atoms with Gasteiger partial charge in [-0.15, -0.1) is 0 Å². The standard InChI is InChI=1S/C10H17F2NS/c1-7-9(2-3-14-7)13-6-8-4-10(11,12)5-8/h7-9,13H,2-6H2,1H3. The van der Waals surface area contributed by atoms with Gasteiger partial charge < -0.3 is 5.32 Å². The molecule has 2 atom stereocenters. The average Bonchev–Trinajstić information content (AvgIpc) is 2.44. The zero-order valence-electron chi connectivity index (χ0n) is 8.43. The van der Waals surface area contributed by atoms with E-state index in [1.54, 1.807) is 0 Å². The van der Waals surface area contributed by atoms with Crippen LogP contribution in [-0.4, -0.2) is 29.5 Å². The van der Waals surface area contributed by atoms with Gasteiger partial charge in [0.25, 0.3) is 0 Å². The molecule has 0 bridgehead atoms. The first kappa shape index (κ1) is 10.7. The molecule has 2 unspecified atom stereocenters. The molecule has 2 aliphatic rings. The lowest BCUT2D eigenvalue weighted by molar-refractivity contribution is -0.109. The van der Waals surface area contributed by atoms with Crippen molar-refractivity contribution in [3.05, 3.63) is 0 Å². The number of rotatable bonds is 3. The molecular formula is C10H17F2NS. The van der Waals surface area contributed by atoms with E-state index in [0.717, 1.165) is 6.54 Å². The van der Waals surface area contributed by atoms with E-state index in [2.05, 4.69) is 12.2 Å². The summed E-state index contributed by atoms with van der Waals surface area (Å²) in [5.74, 6) is -0.940. The molecule has 82 valence electrons. The first-order chi connectivity index (χ1) is 6.57. The van der Waals surface area contributed by atoms with Crippen LogP contribution in [0.15, 0.2) is 0 Å². The Kier molecular flexibility index (Phi) is 3.03. The van der Waals surface area contributed by atoms with E-state index in [1.165, 1.54) is 12.2 Å². The van der Waals surface area contributed by atoms with Crippen LogP contribution in [0.5, 0.6) is 0 Å². The van der Waals surface area contributed by atoms with Gasteiger partial charge >= 0.3 is 0 Å². The molecule has 0 amide bonds. The largest absolute Gasteiger partial charge is 0.313 e. The van der Waals surface area contributed by atoms with E-state index in [0.29, 0.717) is 11.3 Å². The molecule has 1 heterocycles. The van der Waals surface area contributed by atoms with Gasteiger partial charge in [0.05, 0.1) is 0 Å². The first-order valence-corrected chi connectivity index (χ1v) is 6.34. The molecule has 1 saturated heterocycles. The predicted molar refractivity (Wildman–Crippen MR) is 56.0 cm³/mol. The van der Waals surface area contributed by atoms with Gasteiger partial charge in [0.1, 0.15) is 0 Å². The van der Waals surface area contributed by atoms with E-state index in [1.807, 2.05) is 11.8 Å². The van der Waals surface area contributed by atoms with Crippen molar-refractivity contribution in [3.8, 4) is 0 Å². The van der Waals surface area contributed by atoms with Crippen molar-refractivity contribution in [1.82, 2.24) is 5.32 Å². The number of alkyl halides is 2. The highest BCUT2D eigenvalue weighted by Gasteiger charge is 2.45. The topological polar surface area (TPSA) is 12.0 Å². The van der Waals surface area contributed by atoms with Crippen molar-refractivity contribution in [1.29, 1.82) is 0 Å². The smallest absolute Gasteiger partial charge is 0.248 e. The Morgan fingerprint density at radius 3 is 2.64 bits per heavy atom. The van der Waals surface area contributed by atoms with E-state index in [-0.39, 0.29) is 18.8 Å². The fraction of sp³-hybridized carbons (Fsp3) is 1.00. The van der Waals surface area contributed by atoms with E-state index < -0.39 is 5.92 Å². The average molecular weight is 221 g/mol. The number of hydrogen-bond acceptors (Lipinski definition) is 2. The second-order valence-electron chi connectivity index (χ2n) is 4.51. The van der Waals surface area contributed by atoms with Gasteiger partial charge in [0.15, 0.2) is 0 Å². The van der Waals surface area contributed by atoms with Crippen LogP contribution in [0.25, 0.3) is 0 Å². The van der Waals surface area contributed by atoms with Crippen molar-refractivity contribution in [2.45, 2.75) is 43.4 Å². The Morgan fingerprint density at radius 1 is 1.43 bits per heavy atom. The lowest BCUT2D eigenvalue weighted by Gasteiger charge is -2.36. The lowest BCUT2D eigenvalue weighted by atomic mass is 9.81. The summed E-state index contributed by atoms with van der Waals surface area (Å²) in [4.78, 5) is 0. The normalized spacial score (nSPS) is 37.1. The third kappa shape index (κ3) is 2.40. The summed E-state index contributed by atoms with van der Waals surface area (Å²) >= 11 is 1.97. The maximum Gasteiger partial charge on any atom is 0.248 e. The Hall–Kier alpha value is 0.170. The van der Waals surface area contributed by atoms with Crippen LogP contribution in [0.1, 0.15) is 26.2 Å². The Labute approximate surface area is 88.0 Å². The summed E-state index contributed by atoms with van der Waals surface area (Å²) in [5.41, 5.74) is 0. The van der Waals surface area contributed by atoms with Gasteiger partial charge in [-0.25, -0.2) is 8.78 Å². The van der Waals surface area contributed by atoms with E-state index in [4.69, 9.17) is 0 Å². The van der Waals surface area contributed by atoms with Gasteiger partial charge in [-0.1, -0.05) is 6.92 Å². The minimum atomic E-state index is -2.36. The van der Waals surface area contributed by atoms with Gasteiger partial charge in [-0.05, 0) is 24.6 Å². The molecule has 1 nitrogen and oxygen atoms in total. The van der Waals surface area contributed by atoms with Crippen LogP contribution in [0.4, 0.5) is 8.78 Å². The van der Waals surface area contributed by atoms with Crippen molar-refractivity contribution >= 4 is 11.8 Å². The van der Waals surface area contributed by atoms with Crippen molar-refractivity contribution < 1.29 is 8.78 Å². The minimum Gasteiger partial charge on any atom is -0.313 e. The second kappa shape index (κ2) is 3.97. The molecule has 14 heavy (non-hydrogen) atoms. The summed E-state index contributed by atoms with van der Waals surface area (Å²) in [6.45, 7) is 3.00. The first-order valence-electron chi connectivity index (χ1n) is 5.30. The van der Waals surface area contributed by atoms with Crippen LogP contribution >= 0.6 is 11.8 Å². The fourth-order valence-electron chi connectivity index (χ4n) is 2.25. The molecule has 0 aromatic carbocycles. The highest BCUT2D eigenvalue weighted by molar-refractivity contribution is 8.00. The summed E-state index contributed by atoms with van der Waals surface area (Å²) in [6, 6.07) is 0.550. The van der Waals surface area contributed by atoms with E-state index in [9.17, 15) is 8.78 Å². The molecule has 1 aliphatic heterocycles. The molecule has 2 fully saturated rings. The zero-order valence-corrected chi connectivity index (χ0v) is 9.25. The number of halogens is 2. The zero-order chi connectivity index (χ0) is 10.2. The fourth-order valence-corrected chi connectivity index (χ4v) is 3.47. The van der Waals surface area contributed by atoms with Gasteiger partial charge in [0.2, 0.25) is 5.92 Å². The third-order valence-corrected chi connectivity index (χ3v) is 4.55. The summed E-state index contributed by atoms with van der Waals surface area (Å²) in [7, 11) is 0. The predicted octanol–water partition coefficient (Wildman–Crippen LogP) is 2.52. The number of thioether (sulfide) groups is 1. The van der Waals surface area contributed by atoms with Crippen molar-refractivity contribution in [2.75, 3.05) is 12.3 Å². The molecule has 1 aliphatic carbocycles. The Bertz CT molecular complexity index is 202. The van der Waals surface area contributed by atoms with Crippen LogP contribution in [0.2, 0.25) is 0 Å².